The topological polar surface area (TPSA) is 169 Å². The van der Waals surface area contributed by atoms with Gasteiger partial charge in [-0.1, -0.05) is 6.07 Å². The van der Waals surface area contributed by atoms with Crippen molar-refractivity contribution in [3.63, 3.8) is 0 Å². The number of hydrogen-bond donors (Lipinski definition) is 4. The molecule has 1 aliphatic heterocycles. The fourth-order valence-corrected chi connectivity index (χ4v) is 2.01. The standard InChI is InChI=1S/C13H15NO10/c15-9-8(24-12(18)11(17)10(9)16)5-22-13(19)23-7-3-1-2-6(4-7)14(20)21/h1-4,8-12,15-18H,5H2/t8-,9-,10+,11-,12+/m1/s1. The maximum Gasteiger partial charge on any atom is 0.513 e. The lowest BCUT2D eigenvalue weighted by molar-refractivity contribution is -0.384. The molecule has 0 aromatic heterocycles. The minimum atomic E-state index is -1.76. The first-order valence-corrected chi connectivity index (χ1v) is 6.76. The molecule has 1 aliphatic rings. The molecule has 1 fully saturated rings. The Morgan fingerprint density at radius 2 is 1.92 bits per heavy atom. The second-order valence-electron chi connectivity index (χ2n) is 4.95. The van der Waals surface area contributed by atoms with E-state index in [0.29, 0.717) is 0 Å². The SMILES string of the molecule is O=C(OC[C@H]1O[C@H](O)[C@H](O)[C@@H](O)[C@@H]1O)Oc1cccc([N+](=O)[O-])c1. The van der Waals surface area contributed by atoms with E-state index >= 15 is 0 Å². The monoisotopic (exact) mass is 345 g/mol. The zero-order chi connectivity index (χ0) is 17.9. The van der Waals surface area contributed by atoms with Gasteiger partial charge in [0.25, 0.3) is 5.69 Å². The molecule has 0 bridgehead atoms. The molecule has 1 saturated heterocycles. The van der Waals surface area contributed by atoms with Gasteiger partial charge in [-0.05, 0) is 6.07 Å². The van der Waals surface area contributed by atoms with Crippen molar-refractivity contribution >= 4 is 11.8 Å². The van der Waals surface area contributed by atoms with Crippen LogP contribution in [0.4, 0.5) is 10.5 Å². The number of aliphatic hydroxyl groups is 4. The van der Waals surface area contributed by atoms with Crippen LogP contribution in [0.2, 0.25) is 0 Å². The van der Waals surface area contributed by atoms with Crippen LogP contribution in [0.5, 0.6) is 5.75 Å². The number of aliphatic hydroxyl groups excluding tert-OH is 4. The summed E-state index contributed by atoms with van der Waals surface area (Å²) in [7, 11) is 0. The fraction of sp³-hybridized carbons (Fsp3) is 0.462. The molecule has 11 heteroatoms. The number of nitrogens with zero attached hydrogens (tertiary/aromatic N) is 1. The van der Waals surface area contributed by atoms with Crippen molar-refractivity contribution in [2.45, 2.75) is 30.7 Å². The summed E-state index contributed by atoms with van der Waals surface area (Å²) >= 11 is 0. The number of carbonyl (C=O) groups excluding carboxylic acids is 1. The molecule has 0 unspecified atom stereocenters. The molecule has 11 nitrogen and oxygen atoms in total. The van der Waals surface area contributed by atoms with Crippen LogP contribution < -0.4 is 4.74 Å². The second-order valence-corrected chi connectivity index (χ2v) is 4.95. The number of benzene rings is 1. The second kappa shape index (κ2) is 7.51. The van der Waals surface area contributed by atoms with Crippen molar-refractivity contribution < 1.29 is 44.4 Å². The maximum atomic E-state index is 11.5. The van der Waals surface area contributed by atoms with Crippen molar-refractivity contribution in [1.82, 2.24) is 0 Å². The van der Waals surface area contributed by atoms with Gasteiger partial charge < -0.3 is 34.6 Å². The average molecular weight is 345 g/mol. The molecule has 5 atom stereocenters. The highest BCUT2D eigenvalue weighted by molar-refractivity contribution is 5.64. The highest BCUT2D eigenvalue weighted by Gasteiger charge is 2.43. The third-order valence-electron chi connectivity index (χ3n) is 3.28. The number of nitro benzene ring substituents is 1. The van der Waals surface area contributed by atoms with Gasteiger partial charge in [0.15, 0.2) is 6.29 Å². The van der Waals surface area contributed by atoms with Gasteiger partial charge in [-0.3, -0.25) is 10.1 Å². The van der Waals surface area contributed by atoms with Crippen LogP contribution in [-0.4, -0.2) is 68.8 Å². The van der Waals surface area contributed by atoms with Gasteiger partial charge in [-0.25, -0.2) is 4.79 Å². The molecule has 4 N–H and O–H groups in total. The maximum absolute atomic E-state index is 11.5. The zero-order valence-electron chi connectivity index (χ0n) is 12.1. The van der Waals surface area contributed by atoms with Crippen LogP contribution in [-0.2, 0) is 9.47 Å². The number of carbonyl (C=O) groups is 1. The Hall–Kier alpha value is -2.31. The van der Waals surface area contributed by atoms with Gasteiger partial charge in [-0.15, -0.1) is 0 Å². The number of rotatable bonds is 4. The fourth-order valence-electron chi connectivity index (χ4n) is 2.01. The summed E-state index contributed by atoms with van der Waals surface area (Å²) in [5.41, 5.74) is -0.286. The Kier molecular flexibility index (Phi) is 5.64. The van der Waals surface area contributed by atoms with E-state index in [4.69, 9.17) is 9.47 Å². The van der Waals surface area contributed by atoms with Crippen LogP contribution in [0.1, 0.15) is 0 Å². The first kappa shape index (κ1) is 18.0. The Balaban J connectivity index is 1.89. The van der Waals surface area contributed by atoms with Gasteiger partial charge in [0, 0.05) is 6.07 Å². The molecule has 1 heterocycles. The first-order chi connectivity index (χ1) is 11.3. The number of ether oxygens (including phenoxy) is 3. The molecule has 1 aromatic carbocycles. The molecule has 2 rings (SSSR count). The molecule has 0 saturated carbocycles. The summed E-state index contributed by atoms with van der Waals surface area (Å²) in [4.78, 5) is 21.5. The molecule has 0 aliphatic carbocycles. The minimum absolute atomic E-state index is 0.130. The quantitative estimate of drug-likeness (QED) is 0.228. The third kappa shape index (κ3) is 4.15. The minimum Gasteiger partial charge on any atom is -0.431 e. The third-order valence-corrected chi connectivity index (χ3v) is 3.28. The van der Waals surface area contributed by atoms with E-state index in [0.717, 1.165) is 6.07 Å². The van der Waals surface area contributed by atoms with Crippen LogP contribution in [0.15, 0.2) is 24.3 Å². The number of nitro groups is 1. The smallest absolute Gasteiger partial charge is 0.431 e. The largest absolute Gasteiger partial charge is 0.513 e. The Morgan fingerprint density at radius 3 is 2.58 bits per heavy atom. The van der Waals surface area contributed by atoms with Gasteiger partial charge in [-0.2, -0.15) is 0 Å². The zero-order valence-corrected chi connectivity index (χ0v) is 12.1. The van der Waals surface area contributed by atoms with Crippen molar-refractivity contribution in [3.8, 4) is 5.75 Å². The van der Waals surface area contributed by atoms with Crippen LogP contribution in [0.25, 0.3) is 0 Å². The lowest BCUT2D eigenvalue weighted by atomic mass is 9.99. The lowest BCUT2D eigenvalue weighted by Gasteiger charge is -2.37. The predicted octanol–water partition coefficient (Wildman–Crippen LogP) is -1.09. The molecule has 0 spiro atoms. The van der Waals surface area contributed by atoms with E-state index in [1.54, 1.807) is 0 Å². The predicted molar refractivity (Wildman–Crippen MR) is 74.0 cm³/mol. The Labute approximate surface area is 134 Å². The molecule has 0 amide bonds. The van der Waals surface area contributed by atoms with Crippen molar-refractivity contribution in [3.05, 3.63) is 34.4 Å². The summed E-state index contributed by atoms with van der Waals surface area (Å²) in [6.07, 6.45) is -9.28. The molecular weight excluding hydrogens is 330 g/mol. The van der Waals surface area contributed by atoms with E-state index in [1.807, 2.05) is 0 Å². The lowest BCUT2D eigenvalue weighted by Crippen LogP contribution is -2.58. The molecular formula is C13H15NO10. The molecule has 132 valence electrons. The average Bonchev–Trinajstić information content (AvgIpc) is 2.55. The number of hydrogen-bond acceptors (Lipinski definition) is 10. The molecule has 0 radical (unpaired) electrons. The number of non-ortho nitro benzene ring substituents is 1. The van der Waals surface area contributed by atoms with Crippen molar-refractivity contribution in [2.24, 2.45) is 0 Å². The van der Waals surface area contributed by atoms with E-state index < -0.39 is 48.4 Å². The van der Waals surface area contributed by atoms with Gasteiger partial charge in [0.2, 0.25) is 0 Å². The Morgan fingerprint density at radius 1 is 1.21 bits per heavy atom. The summed E-state index contributed by atoms with van der Waals surface area (Å²) in [5, 5.41) is 48.4. The van der Waals surface area contributed by atoms with Crippen LogP contribution >= 0.6 is 0 Å². The van der Waals surface area contributed by atoms with Crippen LogP contribution in [0.3, 0.4) is 0 Å². The van der Waals surface area contributed by atoms with Crippen molar-refractivity contribution in [2.75, 3.05) is 6.61 Å². The summed E-state index contributed by atoms with van der Waals surface area (Å²) < 4.78 is 14.2. The van der Waals surface area contributed by atoms with E-state index in [-0.39, 0.29) is 11.4 Å². The van der Waals surface area contributed by atoms with Gasteiger partial charge in [0.05, 0.1) is 11.0 Å². The van der Waals surface area contributed by atoms with Crippen molar-refractivity contribution in [1.29, 1.82) is 0 Å². The summed E-state index contributed by atoms with van der Waals surface area (Å²) in [5.74, 6) is -0.130. The van der Waals surface area contributed by atoms with E-state index in [2.05, 4.69) is 4.74 Å². The normalized spacial score (nSPS) is 29.8. The van der Waals surface area contributed by atoms with Gasteiger partial charge in [0.1, 0.15) is 36.8 Å². The highest BCUT2D eigenvalue weighted by atomic mass is 16.7. The van der Waals surface area contributed by atoms with Gasteiger partial charge >= 0.3 is 6.16 Å². The van der Waals surface area contributed by atoms with Crippen LogP contribution in [0, 0.1) is 10.1 Å². The van der Waals surface area contributed by atoms with E-state index in [1.165, 1.54) is 18.2 Å². The Bertz CT molecular complexity index is 608. The summed E-state index contributed by atoms with van der Waals surface area (Å²) in [6.45, 7) is -0.588. The molecule has 24 heavy (non-hydrogen) atoms. The first-order valence-electron chi connectivity index (χ1n) is 6.76. The van der Waals surface area contributed by atoms with E-state index in [9.17, 15) is 35.3 Å². The highest BCUT2D eigenvalue weighted by Crippen LogP contribution is 2.21. The molecule has 1 aromatic rings. The summed E-state index contributed by atoms with van der Waals surface area (Å²) in [6, 6.07) is 4.82.